The van der Waals surface area contributed by atoms with E-state index >= 15 is 0 Å². The molecule has 3 nitrogen and oxygen atoms in total. The third-order valence-corrected chi connectivity index (χ3v) is 2.01. The van der Waals surface area contributed by atoms with Crippen molar-refractivity contribution in [2.75, 3.05) is 7.11 Å². The molecular formula is C8H9NO2S. The van der Waals surface area contributed by atoms with E-state index in [4.69, 9.17) is 0 Å². The maximum atomic E-state index is 10.6. The highest BCUT2D eigenvalue weighted by molar-refractivity contribution is 7.10. The third-order valence-electron chi connectivity index (χ3n) is 1.18. The predicted molar refractivity (Wildman–Crippen MR) is 48.9 cm³/mol. The average Bonchev–Trinajstić information content (AvgIpc) is 2.57. The molecule has 0 fully saturated rings. The monoisotopic (exact) mass is 183 g/mol. The number of carbonyl (C=O) groups is 1. The van der Waals surface area contributed by atoms with Gasteiger partial charge in [0.05, 0.1) is 7.11 Å². The van der Waals surface area contributed by atoms with Crippen molar-refractivity contribution in [1.82, 2.24) is 5.32 Å². The van der Waals surface area contributed by atoms with Gasteiger partial charge in [0.1, 0.15) is 0 Å². The van der Waals surface area contributed by atoms with Crippen LogP contribution in [0.1, 0.15) is 4.88 Å². The third kappa shape index (κ3) is 2.75. The summed E-state index contributed by atoms with van der Waals surface area (Å²) < 4.78 is 4.37. The van der Waals surface area contributed by atoms with Crippen LogP contribution in [0.4, 0.5) is 4.79 Å². The van der Waals surface area contributed by atoms with E-state index in [0.717, 1.165) is 4.88 Å². The van der Waals surface area contributed by atoms with Crippen LogP contribution < -0.4 is 5.32 Å². The standard InChI is InChI=1S/C8H9NO2S/c1-11-8(10)9-5-4-7-3-2-6-12-7/h2-6H,1H3,(H,9,10)/b5-4+. The van der Waals surface area contributed by atoms with Crippen molar-refractivity contribution in [3.63, 3.8) is 0 Å². The summed E-state index contributed by atoms with van der Waals surface area (Å²) in [5, 5.41) is 4.41. The molecule has 1 N–H and O–H groups in total. The van der Waals surface area contributed by atoms with E-state index in [0.29, 0.717) is 0 Å². The summed E-state index contributed by atoms with van der Waals surface area (Å²) >= 11 is 1.60. The Bertz CT molecular complexity index is 267. The molecule has 1 amide bonds. The zero-order valence-electron chi connectivity index (χ0n) is 6.61. The number of hydrogen-bond donors (Lipinski definition) is 1. The molecule has 0 aromatic carbocycles. The first-order valence-corrected chi connectivity index (χ1v) is 4.25. The van der Waals surface area contributed by atoms with Crippen molar-refractivity contribution in [2.24, 2.45) is 0 Å². The minimum Gasteiger partial charge on any atom is -0.453 e. The average molecular weight is 183 g/mol. The molecule has 1 rings (SSSR count). The highest BCUT2D eigenvalue weighted by Crippen LogP contribution is 2.09. The van der Waals surface area contributed by atoms with Crippen molar-refractivity contribution in [3.8, 4) is 0 Å². The van der Waals surface area contributed by atoms with Crippen molar-refractivity contribution in [2.45, 2.75) is 0 Å². The van der Waals surface area contributed by atoms with Crippen LogP contribution in [-0.2, 0) is 4.74 Å². The van der Waals surface area contributed by atoms with Gasteiger partial charge >= 0.3 is 6.09 Å². The number of carbonyl (C=O) groups excluding carboxylic acids is 1. The molecule has 0 saturated heterocycles. The molecule has 1 aromatic rings. The highest BCUT2D eigenvalue weighted by atomic mass is 32.1. The van der Waals surface area contributed by atoms with Crippen molar-refractivity contribution >= 4 is 23.5 Å². The quantitative estimate of drug-likeness (QED) is 0.762. The molecule has 12 heavy (non-hydrogen) atoms. The lowest BCUT2D eigenvalue weighted by Gasteiger charge is -1.94. The van der Waals surface area contributed by atoms with Gasteiger partial charge in [-0.1, -0.05) is 6.07 Å². The van der Waals surface area contributed by atoms with Gasteiger partial charge in [-0.15, -0.1) is 11.3 Å². The van der Waals surface area contributed by atoms with Crippen LogP contribution in [-0.4, -0.2) is 13.2 Å². The Kier molecular flexibility index (Phi) is 3.35. The number of amides is 1. The van der Waals surface area contributed by atoms with Crippen molar-refractivity contribution in [3.05, 3.63) is 28.6 Å². The lowest BCUT2D eigenvalue weighted by molar-refractivity contribution is 0.175. The maximum Gasteiger partial charge on any atom is 0.410 e. The van der Waals surface area contributed by atoms with Gasteiger partial charge in [0, 0.05) is 11.1 Å². The topological polar surface area (TPSA) is 38.3 Å². The largest absolute Gasteiger partial charge is 0.453 e. The highest BCUT2D eigenvalue weighted by Gasteiger charge is 1.91. The molecule has 0 spiro atoms. The molecule has 4 heteroatoms. The number of ether oxygens (including phenoxy) is 1. The molecule has 0 aliphatic heterocycles. The van der Waals surface area contributed by atoms with Gasteiger partial charge in [-0.25, -0.2) is 4.79 Å². The fourth-order valence-corrected chi connectivity index (χ4v) is 1.25. The molecule has 0 saturated carbocycles. The number of thiophene rings is 1. The van der Waals surface area contributed by atoms with Gasteiger partial charge < -0.3 is 4.74 Å². The second-order valence-corrected chi connectivity index (χ2v) is 2.96. The van der Waals surface area contributed by atoms with Crippen LogP contribution in [0.2, 0.25) is 0 Å². The summed E-state index contributed by atoms with van der Waals surface area (Å²) in [5.74, 6) is 0. The first-order valence-electron chi connectivity index (χ1n) is 3.37. The molecule has 0 atom stereocenters. The number of alkyl carbamates (subject to hydrolysis) is 1. The van der Waals surface area contributed by atoms with Gasteiger partial charge in [0.25, 0.3) is 0 Å². The van der Waals surface area contributed by atoms with Gasteiger partial charge in [0.15, 0.2) is 0 Å². The lowest BCUT2D eigenvalue weighted by Crippen LogP contribution is -2.15. The van der Waals surface area contributed by atoms with Gasteiger partial charge in [-0.2, -0.15) is 0 Å². The second kappa shape index (κ2) is 4.56. The molecule has 0 unspecified atom stereocenters. The number of hydrogen-bond acceptors (Lipinski definition) is 3. The summed E-state index contributed by atoms with van der Waals surface area (Å²) in [7, 11) is 1.33. The van der Waals surface area contributed by atoms with Crippen LogP contribution in [0, 0.1) is 0 Å². The Balaban J connectivity index is 2.37. The Morgan fingerprint density at radius 1 is 1.75 bits per heavy atom. The molecule has 1 heterocycles. The smallest absolute Gasteiger partial charge is 0.410 e. The molecule has 0 radical (unpaired) electrons. The van der Waals surface area contributed by atoms with Crippen LogP contribution in [0.15, 0.2) is 23.7 Å². The minimum absolute atomic E-state index is 0.456. The van der Waals surface area contributed by atoms with E-state index in [1.54, 1.807) is 17.5 Å². The Morgan fingerprint density at radius 2 is 2.58 bits per heavy atom. The van der Waals surface area contributed by atoms with E-state index in [9.17, 15) is 4.79 Å². The molecule has 0 aliphatic rings. The van der Waals surface area contributed by atoms with Crippen molar-refractivity contribution < 1.29 is 9.53 Å². The lowest BCUT2D eigenvalue weighted by atomic mass is 10.4. The first-order chi connectivity index (χ1) is 5.83. The second-order valence-electron chi connectivity index (χ2n) is 1.98. The zero-order valence-corrected chi connectivity index (χ0v) is 7.43. The van der Waals surface area contributed by atoms with Crippen LogP contribution in [0.5, 0.6) is 0 Å². The molecule has 64 valence electrons. The number of nitrogens with one attached hydrogen (secondary N) is 1. The number of rotatable bonds is 2. The molecular weight excluding hydrogens is 174 g/mol. The normalized spacial score (nSPS) is 10.1. The summed E-state index contributed by atoms with van der Waals surface area (Å²) in [6.07, 6.45) is 2.90. The SMILES string of the molecule is COC(=O)N/C=C/c1cccs1. The molecule has 0 aliphatic carbocycles. The van der Waals surface area contributed by atoms with Crippen LogP contribution >= 0.6 is 11.3 Å². The first kappa shape index (κ1) is 8.80. The van der Waals surface area contributed by atoms with Gasteiger partial charge in [0.2, 0.25) is 0 Å². The zero-order chi connectivity index (χ0) is 8.81. The van der Waals surface area contributed by atoms with E-state index in [-0.39, 0.29) is 0 Å². The molecule has 1 aromatic heterocycles. The van der Waals surface area contributed by atoms with Crippen LogP contribution in [0.3, 0.4) is 0 Å². The Morgan fingerprint density at radius 3 is 3.17 bits per heavy atom. The van der Waals surface area contributed by atoms with E-state index in [1.165, 1.54) is 7.11 Å². The predicted octanol–water partition coefficient (Wildman–Crippen LogP) is 2.07. The van der Waals surface area contributed by atoms with E-state index in [1.807, 2.05) is 23.6 Å². The summed E-state index contributed by atoms with van der Waals surface area (Å²) in [6.45, 7) is 0. The van der Waals surface area contributed by atoms with Crippen molar-refractivity contribution in [1.29, 1.82) is 0 Å². The van der Waals surface area contributed by atoms with Crippen LogP contribution in [0.25, 0.3) is 6.08 Å². The Labute approximate surface area is 74.7 Å². The Hall–Kier alpha value is -1.29. The summed E-state index contributed by atoms with van der Waals surface area (Å²) in [4.78, 5) is 11.6. The summed E-state index contributed by atoms with van der Waals surface area (Å²) in [5.41, 5.74) is 0. The van der Waals surface area contributed by atoms with Gasteiger partial charge in [-0.3, -0.25) is 5.32 Å². The molecule has 0 bridgehead atoms. The fraction of sp³-hybridized carbons (Fsp3) is 0.125. The fourth-order valence-electron chi connectivity index (χ4n) is 0.637. The maximum absolute atomic E-state index is 10.6. The van der Waals surface area contributed by atoms with Gasteiger partial charge in [-0.05, 0) is 17.5 Å². The minimum atomic E-state index is -0.456. The summed E-state index contributed by atoms with van der Waals surface area (Å²) in [6, 6.07) is 3.91. The van der Waals surface area contributed by atoms with E-state index < -0.39 is 6.09 Å². The number of methoxy groups -OCH3 is 1. The van der Waals surface area contributed by atoms with E-state index in [2.05, 4.69) is 10.1 Å².